The molecule has 2 aliphatic heterocycles. The molecule has 0 bridgehead atoms. The first-order chi connectivity index (χ1) is 43.1. The molecule has 12 aromatic carbocycles. The molecule has 0 radical (unpaired) electrons. The van der Waals surface area contributed by atoms with Crippen LogP contribution in [0, 0.1) is 11.8 Å². The Hall–Kier alpha value is -9.76. The topological polar surface area (TPSA) is 6.48 Å². The second-order valence-electron chi connectivity index (χ2n) is 27.6. The maximum Gasteiger partial charge on any atom is 0.0502 e. The SMILES string of the molecule is CC1(C)c2ccccc2N(c2ccc3c(-c4ccc5c(c4)C4(CC6C=CC=CC6C4)c4ccccc4-5)c4cc(N5c6ccccc6C(C)(C)c6ccccc65)ccc4c(-c4ccc5c(c4)C4(Cc6ccccc6C4)c4ccccc4-5)c3c2)c2ccccc21. The lowest BCUT2D eigenvalue weighted by Crippen LogP contribution is -2.30. The molecular formula is C86H66N2. The lowest BCUT2D eigenvalue weighted by Gasteiger charge is -2.42. The number of rotatable bonds is 4. The van der Waals surface area contributed by atoms with Crippen LogP contribution >= 0.6 is 0 Å². The zero-order valence-electron chi connectivity index (χ0n) is 50.3. The number of para-hydroxylation sites is 4. The van der Waals surface area contributed by atoms with Crippen molar-refractivity contribution in [2.75, 3.05) is 9.80 Å². The molecule has 12 aromatic rings. The van der Waals surface area contributed by atoms with Crippen molar-refractivity contribution in [3.8, 4) is 44.5 Å². The molecule has 7 aliphatic rings. The largest absolute Gasteiger partial charge is 0.310 e. The van der Waals surface area contributed by atoms with Gasteiger partial charge in [-0.2, -0.15) is 0 Å². The Bertz CT molecular complexity index is 4960. The molecule has 420 valence electrons. The van der Waals surface area contributed by atoms with Crippen molar-refractivity contribution in [3.63, 3.8) is 0 Å². The zero-order valence-corrected chi connectivity index (χ0v) is 50.3. The van der Waals surface area contributed by atoms with E-state index >= 15 is 0 Å². The summed E-state index contributed by atoms with van der Waals surface area (Å²) in [6.07, 6.45) is 13.8. The number of anilines is 6. The smallest absolute Gasteiger partial charge is 0.0502 e. The highest BCUT2D eigenvalue weighted by Crippen LogP contribution is 2.63. The maximum absolute atomic E-state index is 2.66. The Morgan fingerprint density at radius 2 is 0.659 bits per heavy atom. The molecule has 2 heterocycles. The lowest BCUT2D eigenvalue weighted by atomic mass is 9.73. The molecule has 0 N–H and O–H groups in total. The van der Waals surface area contributed by atoms with Crippen molar-refractivity contribution in [1.82, 2.24) is 0 Å². The van der Waals surface area contributed by atoms with Gasteiger partial charge >= 0.3 is 0 Å². The number of hydrogen-bond donors (Lipinski definition) is 0. The molecule has 0 amide bonds. The van der Waals surface area contributed by atoms with Gasteiger partial charge in [0.15, 0.2) is 0 Å². The fraction of sp³-hybridized carbons (Fsp3) is 0.163. The summed E-state index contributed by atoms with van der Waals surface area (Å²) in [5.41, 5.74) is 31.3. The highest BCUT2D eigenvalue weighted by atomic mass is 15.2. The quantitative estimate of drug-likeness (QED) is 0.162. The molecular weight excluding hydrogens is 1060 g/mol. The summed E-state index contributed by atoms with van der Waals surface area (Å²) in [7, 11) is 0. The minimum atomic E-state index is -0.190. The zero-order chi connectivity index (χ0) is 58.4. The van der Waals surface area contributed by atoms with E-state index in [9.17, 15) is 0 Å². The Morgan fingerprint density at radius 1 is 0.307 bits per heavy atom. The van der Waals surface area contributed by atoms with Crippen molar-refractivity contribution in [2.24, 2.45) is 11.8 Å². The average molecular weight is 1130 g/mol. The molecule has 2 atom stereocenters. The van der Waals surface area contributed by atoms with Crippen molar-refractivity contribution < 1.29 is 0 Å². The number of allylic oxidation sites excluding steroid dienone is 4. The minimum Gasteiger partial charge on any atom is -0.310 e. The van der Waals surface area contributed by atoms with Gasteiger partial charge in [0, 0.05) is 33.0 Å². The molecule has 1 saturated carbocycles. The van der Waals surface area contributed by atoms with Crippen molar-refractivity contribution in [1.29, 1.82) is 0 Å². The van der Waals surface area contributed by atoms with Gasteiger partial charge in [0.1, 0.15) is 0 Å². The van der Waals surface area contributed by atoms with Gasteiger partial charge in [0.05, 0.1) is 22.7 Å². The summed E-state index contributed by atoms with van der Waals surface area (Å²) in [6.45, 7) is 9.57. The van der Waals surface area contributed by atoms with Gasteiger partial charge in [-0.3, -0.25) is 0 Å². The summed E-state index contributed by atoms with van der Waals surface area (Å²) in [5.74, 6) is 1.01. The second kappa shape index (κ2) is 17.9. The van der Waals surface area contributed by atoms with Gasteiger partial charge in [0.25, 0.3) is 0 Å². The van der Waals surface area contributed by atoms with Crippen molar-refractivity contribution in [3.05, 3.63) is 323 Å². The van der Waals surface area contributed by atoms with E-state index in [1.54, 1.807) is 0 Å². The molecule has 88 heavy (non-hydrogen) atoms. The van der Waals surface area contributed by atoms with E-state index in [4.69, 9.17) is 0 Å². The third-order valence-electron chi connectivity index (χ3n) is 22.6. The average Bonchev–Trinajstić information content (AvgIpc) is 0.963. The Morgan fingerprint density at radius 3 is 1.09 bits per heavy atom. The van der Waals surface area contributed by atoms with Crippen LogP contribution in [0.3, 0.4) is 0 Å². The van der Waals surface area contributed by atoms with Crippen LogP contribution < -0.4 is 9.80 Å². The molecule has 1 fully saturated rings. The highest BCUT2D eigenvalue weighted by Gasteiger charge is 2.52. The summed E-state index contributed by atoms with van der Waals surface area (Å²) in [5, 5.41) is 5.01. The Balaban J connectivity index is 0.925. The fourth-order valence-corrected chi connectivity index (χ4v) is 18.7. The van der Waals surface area contributed by atoms with Gasteiger partial charge in [-0.1, -0.05) is 234 Å². The van der Waals surface area contributed by atoms with E-state index < -0.39 is 0 Å². The number of benzene rings is 12. The summed E-state index contributed by atoms with van der Waals surface area (Å²) in [6, 6.07) is 94.6. The van der Waals surface area contributed by atoms with Crippen LogP contribution in [0.15, 0.2) is 267 Å². The fourth-order valence-electron chi connectivity index (χ4n) is 18.7. The van der Waals surface area contributed by atoms with E-state index in [1.165, 1.54) is 144 Å². The Labute approximate surface area is 516 Å². The summed E-state index contributed by atoms with van der Waals surface area (Å²) in [4.78, 5) is 5.12. The molecule has 2 nitrogen and oxygen atoms in total. The van der Waals surface area contributed by atoms with Gasteiger partial charge in [-0.15, -0.1) is 0 Å². The summed E-state index contributed by atoms with van der Waals surface area (Å²) >= 11 is 0. The van der Waals surface area contributed by atoms with E-state index in [0.29, 0.717) is 11.8 Å². The van der Waals surface area contributed by atoms with E-state index in [1.807, 2.05) is 0 Å². The second-order valence-corrected chi connectivity index (χ2v) is 27.6. The minimum absolute atomic E-state index is 0.102. The maximum atomic E-state index is 2.66. The monoisotopic (exact) mass is 1130 g/mol. The third-order valence-corrected chi connectivity index (χ3v) is 22.6. The van der Waals surface area contributed by atoms with E-state index in [2.05, 4.69) is 304 Å². The van der Waals surface area contributed by atoms with Gasteiger partial charge in [-0.05, 0) is 220 Å². The van der Waals surface area contributed by atoms with E-state index in [0.717, 1.165) is 37.1 Å². The lowest BCUT2D eigenvalue weighted by molar-refractivity contribution is 0.531. The molecule has 2 heteroatoms. The van der Waals surface area contributed by atoms with Crippen molar-refractivity contribution in [2.45, 2.75) is 75.0 Å². The van der Waals surface area contributed by atoms with Crippen LogP contribution in [0.4, 0.5) is 34.1 Å². The molecule has 2 spiro atoms. The van der Waals surface area contributed by atoms with Crippen LogP contribution in [0.2, 0.25) is 0 Å². The van der Waals surface area contributed by atoms with Crippen LogP contribution in [0.5, 0.6) is 0 Å². The van der Waals surface area contributed by atoms with Crippen LogP contribution in [0.1, 0.15) is 96.2 Å². The first-order valence-corrected chi connectivity index (χ1v) is 32.0. The van der Waals surface area contributed by atoms with Gasteiger partial charge < -0.3 is 9.80 Å². The first-order valence-electron chi connectivity index (χ1n) is 32.0. The predicted octanol–water partition coefficient (Wildman–Crippen LogP) is 22.0. The molecule has 0 aromatic heterocycles. The molecule has 19 rings (SSSR count). The van der Waals surface area contributed by atoms with Gasteiger partial charge in [-0.25, -0.2) is 0 Å². The van der Waals surface area contributed by atoms with Crippen LogP contribution in [-0.2, 0) is 34.5 Å². The number of hydrogen-bond acceptors (Lipinski definition) is 2. The molecule has 2 unspecified atom stereocenters. The van der Waals surface area contributed by atoms with Gasteiger partial charge in [0.2, 0.25) is 0 Å². The highest BCUT2D eigenvalue weighted by molar-refractivity contribution is 6.23. The van der Waals surface area contributed by atoms with Crippen LogP contribution in [0.25, 0.3) is 66.1 Å². The normalized spacial score (nSPS) is 20.0. The van der Waals surface area contributed by atoms with Crippen LogP contribution in [-0.4, -0.2) is 0 Å². The first kappa shape index (κ1) is 50.4. The van der Waals surface area contributed by atoms with Crippen molar-refractivity contribution >= 4 is 55.7 Å². The Kier molecular flexibility index (Phi) is 10.3. The standard InChI is InChI=1S/C86H66N2/c1-83(2)71-29-13-17-33-77(71)87(78-34-18-14-30-72(78)83)59-39-43-65-67(47-59)81(53-37-41-63-61-25-9-11-27-69(61)85(75(63)45-53)49-55-21-5-6-22-56(55)50-85)66-44-40-60(88-79-35-19-15-31-73(79)84(3,4)74-32-16-20-36-80(74)88)48-68(66)82(65)54-38-42-64-62-26-10-12-28-70(62)86(76(64)46-54)51-57-23-7-8-24-58(57)52-86/h5-48,55-56H,49-52H2,1-4H3. The number of nitrogens with zero attached hydrogens (tertiary/aromatic N) is 2. The van der Waals surface area contributed by atoms with E-state index in [-0.39, 0.29) is 21.7 Å². The predicted molar refractivity (Wildman–Crippen MR) is 367 cm³/mol. The number of fused-ring (bicyclic) bond motifs is 18. The summed E-state index contributed by atoms with van der Waals surface area (Å²) < 4.78 is 0. The third kappa shape index (κ3) is 6.68. The molecule has 5 aliphatic carbocycles. The molecule has 0 saturated heterocycles.